The largest absolute Gasteiger partial charge is 0.326 e. The maximum absolute atomic E-state index is 12.1. The van der Waals surface area contributed by atoms with Gasteiger partial charge in [0.15, 0.2) is 0 Å². The molecule has 5 nitrogen and oxygen atoms in total. The second-order valence-electron chi connectivity index (χ2n) is 6.69. The first-order valence-corrected chi connectivity index (χ1v) is 9.50. The third-order valence-electron chi connectivity index (χ3n) is 4.94. The van der Waals surface area contributed by atoms with Crippen LogP contribution in [0, 0.1) is 17.8 Å². The lowest BCUT2D eigenvalue weighted by Crippen LogP contribution is -2.20. The van der Waals surface area contributed by atoms with Gasteiger partial charge in [-0.15, -0.1) is 0 Å². The second kappa shape index (κ2) is 6.01. The Labute approximate surface area is 131 Å². The Morgan fingerprint density at radius 3 is 2.45 bits per heavy atom. The first-order chi connectivity index (χ1) is 10.4. The number of rotatable bonds is 5. The van der Waals surface area contributed by atoms with Gasteiger partial charge >= 0.3 is 0 Å². The molecule has 6 heteroatoms. The van der Waals surface area contributed by atoms with Crippen LogP contribution in [-0.4, -0.2) is 14.3 Å². The van der Waals surface area contributed by atoms with Gasteiger partial charge in [-0.1, -0.05) is 18.6 Å². The van der Waals surface area contributed by atoms with Gasteiger partial charge < -0.3 is 5.32 Å². The molecule has 1 amide bonds. The van der Waals surface area contributed by atoms with Crippen molar-refractivity contribution in [2.45, 2.75) is 37.9 Å². The van der Waals surface area contributed by atoms with Crippen molar-refractivity contribution in [2.24, 2.45) is 22.9 Å². The predicted molar refractivity (Wildman–Crippen MR) is 85.4 cm³/mol. The average molecular weight is 322 g/mol. The average Bonchev–Trinajstić information content (AvgIpc) is 3.01. The molecule has 22 heavy (non-hydrogen) atoms. The highest BCUT2D eigenvalue weighted by Crippen LogP contribution is 2.49. The molecule has 1 aromatic carbocycles. The fraction of sp³-hybridized carbons (Fsp3) is 0.562. The number of primary sulfonamides is 1. The third kappa shape index (κ3) is 3.87. The summed E-state index contributed by atoms with van der Waals surface area (Å²) in [5.74, 6) is 2.00. The van der Waals surface area contributed by atoms with Gasteiger partial charge in [0.25, 0.3) is 0 Å². The van der Waals surface area contributed by atoms with E-state index in [2.05, 4.69) is 5.32 Å². The first-order valence-electron chi connectivity index (χ1n) is 7.78. The van der Waals surface area contributed by atoms with Crippen molar-refractivity contribution < 1.29 is 13.2 Å². The zero-order chi connectivity index (χ0) is 15.7. The molecule has 2 bridgehead atoms. The van der Waals surface area contributed by atoms with E-state index in [1.807, 2.05) is 0 Å². The lowest BCUT2D eigenvalue weighted by atomic mass is 9.86. The molecule has 2 fully saturated rings. The zero-order valence-electron chi connectivity index (χ0n) is 12.5. The summed E-state index contributed by atoms with van der Waals surface area (Å²) in [6.45, 7) is 0. The van der Waals surface area contributed by atoms with Crippen LogP contribution in [-0.2, 0) is 20.6 Å². The number of nitrogens with one attached hydrogen (secondary N) is 1. The van der Waals surface area contributed by atoms with Crippen molar-refractivity contribution >= 4 is 21.6 Å². The van der Waals surface area contributed by atoms with Crippen LogP contribution in [0.4, 0.5) is 5.69 Å². The summed E-state index contributed by atoms with van der Waals surface area (Å²) in [7, 11) is -3.52. The molecule has 0 aliphatic heterocycles. The van der Waals surface area contributed by atoms with Crippen LogP contribution in [0.25, 0.3) is 0 Å². The molecule has 3 atom stereocenters. The second-order valence-corrected chi connectivity index (χ2v) is 8.31. The molecule has 3 unspecified atom stereocenters. The molecule has 0 aromatic heterocycles. The minimum atomic E-state index is -3.52. The summed E-state index contributed by atoms with van der Waals surface area (Å²) >= 11 is 0. The van der Waals surface area contributed by atoms with Crippen molar-refractivity contribution in [3.05, 3.63) is 29.8 Å². The van der Waals surface area contributed by atoms with E-state index >= 15 is 0 Å². The van der Waals surface area contributed by atoms with Gasteiger partial charge in [-0.3, -0.25) is 4.79 Å². The fourth-order valence-electron chi connectivity index (χ4n) is 3.99. The lowest BCUT2D eigenvalue weighted by Gasteiger charge is -2.20. The number of amides is 1. The Morgan fingerprint density at radius 1 is 1.18 bits per heavy atom. The Hall–Kier alpha value is -1.40. The number of hydrogen-bond acceptors (Lipinski definition) is 3. The zero-order valence-corrected chi connectivity index (χ0v) is 13.3. The van der Waals surface area contributed by atoms with Crippen molar-refractivity contribution in [1.82, 2.24) is 0 Å². The number of hydrogen-bond donors (Lipinski definition) is 2. The molecule has 2 aliphatic rings. The standard InChI is InChI=1S/C16H22N2O3S/c17-22(20,21)10-11-2-5-15(6-3-11)18-16(19)9-14-8-12-1-4-13(14)7-12/h2-3,5-6,12-14H,1,4,7-10H2,(H,18,19)(H2,17,20,21). The summed E-state index contributed by atoms with van der Waals surface area (Å²) in [6.07, 6.45) is 5.73. The van der Waals surface area contributed by atoms with Gasteiger partial charge in [0.1, 0.15) is 0 Å². The Bertz CT molecular complexity index is 654. The van der Waals surface area contributed by atoms with Crippen LogP contribution in [0.5, 0.6) is 0 Å². The molecule has 0 radical (unpaired) electrons. The quantitative estimate of drug-likeness (QED) is 0.871. The Kier molecular flexibility index (Phi) is 4.23. The minimum Gasteiger partial charge on any atom is -0.326 e. The monoisotopic (exact) mass is 322 g/mol. The molecule has 0 spiro atoms. The first kappa shape index (κ1) is 15.5. The summed E-state index contributed by atoms with van der Waals surface area (Å²) in [6, 6.07) is 6.80. The van der Waals surface area contributed by atoms with Crippen molar-refractivity contribution in [1.29, 1.82) is 0 Å². The fourth-order valence-corrected chi connectivity index (χ4v) is 4.65. The highest BCUT2D eigenvalue weighted by molar-refractivity contribution is 7.88. The number of nitrogens with two attached hydrogens (primary N) is 1. The van der Waals surface area contributed by atoms with Gasteiger partial charge in [0.05, 0.1) is 5.75 Å². The molecular weight excluding hydrogens is 300 g/mol. The van der Waals surface area contributed by atoms with Crippen molar-refractivity contribution in [3.63, 3.8) is 0 Å². The van der Waals surface area contributed by atoms with Gasteiger partial charge in [-0.2, -0.15) is 0 Å². The number of carbonyl (C=O) groups is 1. The van der Waals surface area contributed by atoms with Crippen LogP contribution >= 0.6 is 0 Å². The van der Waals surface area contributed by atoms with Crippen molar-refractivity contribution in [3.8, 4) is 0 Å². The Morgan fingerprint density at radius 2 is 1.91 bits per heavy atom. The van der Waals surface area contributed by atoms with Crippen LogP contribution in [0.15, 0.2) is 24.3 Å². The van der Waals surface area contributed by atoms with Gasteiger partial charge in [0.2, 0.25) is 15.9 Å². The van der Waals surface area contributed by atoms with E-state index in [9.17, 15) is 13.2 Å². The van der Waals surface area contributed by atoms with E-state index in [4.69, 9.17) is 5.14 Å². The number of benzene rings is 1. The SMILES string of the molecule is NS(=O)(=O)Cc1ccc(NC(=O)CC2CC3CCC2C3)cc1. The molecular formula is C16H22N2O3S. The van der Waals surface area contributed by atoms with Gasteiger partial charge in [-0.05, 0) is 54.7 Å². The summed E-state index contributed by atoms with van der Waals surface area (Å²) in [5, 5.41) is 7.91. The van der Waals surface area contributed by atoms with Crippen LogP contribution in [0.3, 0.4) is 0 Å². The van der Waals surface area contributed by atoms with E-state index in [1.54, 1.807) is 24.3 Å². The van der Waals surface area contributed by atoms with Gasteiger partial charge in [0, 0.05) is 12.1 Å². The molecule has 2 saturated carbocycles. The number of fused-ring (bicyclic) bond motifs is 2. The lowest BCUT2D eigenvalue weighted by molar-refractivity contribution is -0.117. The molecule has 1 aromatic rings. The highest BCUT2D eigenvalue weighted by atomic mass is 32.2. The van der Waals surface area contributed by atoms with Crippen LogP contribution < -0.4 is 10.5 Å². The number of sulfonamides is 1. The maximum Gasteiger partial charge on any atom is 0.224 e. The smallest absolute Gasteiger partial charge is 0.224 e. The van der Waals surface area contributed by atoms with E-state index in [1.165, 1.54) is 25.7 Å². The van der Waals surface area contributed by atoms with Crippen LogP contribution in [0.1, 0.15) is 37.7 Å². The normalized spacial score (nSPS) is 27.0. The summed E-state index contributed by atoms with van der Waals surface area (Å²) in [4.78, 5) is 12.1. The Balaban J connectivity index is 1.53. The highest BCUT2D eigenvalue weighted by Gasteiger charge is 2.40. The molecule has 120 valence electrons. The molecule has 2 aliphatic carbocycles. The maximum atomic E-state index is 12.1. The van der Waals surface area contributed by atoms with E-state index in [0.717, 1.165) is 11.8 Å². The summed E-state index contributed by atoms with van der Waals surface area (Å²) < 4.78 is 22.1. The predicted octanol–water partition coefficient (Wildman–Crippen LogP) is 2.24. The van der Waals surface area contributed by atoms with E-state index < -0.39 is 10.0 Å². The third-order valence-corrected chi connectivity index (χ3v) is 5.67. The topological polar surface area (TPSA) is 89.3 Å². The van der Waals surface area contributed by atoms with E-state index in [-0.39, 0.29) is 11.7 Å². The van der Waals surface area contributed by atoms with Gasteiger partial charge in [-0.25, -0.2) is 13.6 Å². The number of carbonyl (C=O) groups excluding carboxylic acids is 1. The van der Waals surface area contributed by atoms with Crippen molar-refractivity contribution in [2.75, 3.05) is 5.32 Å². The number of anilines is 1. The van der Waals surface area contributed by atoms with E-state index in [0.29, 0.717) is 23.6 Å². The molecule has 3 N–H and O–H groups in total. The minimum absolute atomic E-state index is 0.0525. The van der Waals surface area contributed by atoms with Crippen LogP contribution in [0.2, 0.25) is 0 Å². The molecule has 3 rings (SSSR count). The molecule has 0 heterocycles. The summed E-state index contributed by atoms with van der Waals surface area (Å²) in [5.41, 5.74) is 1.32. The molecule has 0 saturated heterocycles.